The van der Waals surface area contributed by atoms with E-state index < -0.39 is 5.97 Å². The number of carboxylic acid groups (broad SMARTS) is 1. The fourth-order valence-electron chi connectivity index (χ4n) is 1.34. The van der Waals surface area contributed by atoms with E-state index in [2.05, 4.69) is 15.5 Å². The first kappa shape index (κ1) is 15.4. The lowest BCUT2D eigenvalue weighted by Crippen LogP contribution is -2.33. The third-order valence-electron chi connectivity index (χ3n) is 2.01. The van der Waals surface area contributed by atoms with Gasteiger partial charge in [0.2, 0.25) is 5.91 Å². The molecule has 0 aromatic carbocycles. The lowest BCUT2D eigenvalue weighted by molar-refractivity contribution is -0.133. The molecule has 0 aliphatic rings. The average molecular weight is 288 g/mol. The van der Waals surface area contributed by atoms with Gasteiger partial charge in [0, 0.05) is 6.04 Å². The number of hydrogen-bond acceptors (Lipinski definition) is 6. The van der Waals surface area contributed by atoms with Gasteiger partial charge in [0.25, 0.3) is 0 Å². The van der Waals surface area contributed by atoms with E-state index in [4.69, 9.17) is 10.2 Å². The van der Waals surface area contributed by atoms with Crippen LogP contribution in [0.25, 0.3) is 0 Å². The van der Waals surface area contributed by atoms with Gasteiger partial charge in [-0.15, -0.1) is 10.2 Å². The van der Waals surface area contributed by atoms with Gasteiger partial charge in [-0.05, 0) is 13.8 Å². The molecule has 3 N–H and O–H groups in total. The van der Waals surface area contributed by atoms with Crippen molar-refractivity contribution in [2.24, 2.45) is 0 Å². The summed E-state index contributed by atoms with van der Waals surface area (Å²) < 4.78 is 1.41. The smallest absolute Gasteiger partial charge is 0.313 e. The van der Waals surface area contributed by atoms with Gasteiger partial charge in [-0.25, -0.2) is 0 Å². The van der Waals surface area contributed by atoms with Gasteiger partial charge in [0.05, 0.1) is 5.75 Å². The second-order valence-electron chi connectivity index (χ2n) is 4.05. The molecule has 1 heterocycles. The lowest BCUT2D eigenvalue weighted by Gasteiger charge is -2.11. The van der Waals surface area contributed by atoms with E-state index in [1.54, 1.807) is 0 Å². The van der Waals surface area contributed by atoms with Crippen molar-refractivity contribution < 1.29 is 19.8 Å². The van der Waals surface area contributed by atoms with Crippen LogP contribution in [0, 0.1) is 0 Å². The summed E-state index contributed by atoms with van der Waals surface area (Å²) in [5, 5.41) is 28.2. The maximum atomic E-state index is 11.7. The number of carbonyl (C=O) groups excluding carboxylic acids is 1. The molecule has 0 aliphatic heterocycles. The summed E-state index contributed by atoms with van der Waals surface area (Å²) in [6, 6.07) is -0.00307. The molecule has 0 saturated heterocycles. The molecule has 0 fully saturated rings. The molecule has 8 nitrogen and oxygen atoms in total. The molecule has 0 bridgehead atoms. The molecule has 0 unspecified atom stereocenters. The van der Waals surface area contributed by atoms with Crippen molar-refractivity contribution in [2.75, 3.05) is 5.75 Å². The first-order valence-corrected chi connectivity index (χ1v) is 6.59. The molecular weight excluding hydrogens is 272 g/mol. The third-order valence-corrected chi connectivity index (χ3v) is 2.96. The van der Waals surface area contributed by atoms with Crippen LogP contribution in [0.2, 0.25) is 0 Å². The first-order chi connectivity index (χ1) is 8.93. The zero-order valence-corrected chi connectivity index (χ0v) is 11.5. The molecular formula is C10H16N4O4S. The first-order valence-electron chi connectivity index (χ1n) is 5.61. The van der Waals surface area contributed by atoms with Gasteiger partial charge in [-0.2, -0.15) is 0 Å². The van der Waals surface area contributed by atoms with Crippen LogP contribution in [-0.4, -0.2) is 48.6 Å². The van der Waals surface area contributed by atoms with Crippen molar-refractivity contribution in [1.82, 2.24) is 20.1 Å². The summed E-state index contributed by atoms with van der Waals surface area (Å²) in [7, 11) is 0. The molecule has 19 heavy (non-hydrogen) atoms. The summed E-state index contributed by atoms with van der Waals surface area (Å²) in [5.74, 6) is -1.19. The number of carboxylic acids is 1. The number of carbonyl (C=O) groups is 2. The number of thioether (sulfide) groups is 1. The van der Waals surface area contributed by atoms with Crippen molar-refractivity contribution in [3.63, 3.8) is 0 Å². The van der Waals surface area contributed by atoms with Crippen molar-refractivity contribution >= 4 is 23.6 Å². The van der Waals surface area contributed by atoms with E-state index in [-0.39, 0.29) is 36.7 Å². The van der Waals surface area contributed by atoms with Crippen molar-refractivity contribution in [2.45, 2.75) is 38.2 Å². The molecule has 1 rings (SSSR count). The number of aromatic nitrogens is 3. The highest BCUT2D eigenvalue weighted by Crippen LogP contribution is 2.16. The minimum Gasteiger partial charge on any atom is -0.481 e. The predicted molar refractivity (Wildman–Crippen MR) is 67.6 cm³/mol. The van der Waals surface area contributed by atoms with Crippen LogP contribution in [0.5, 0.6) is 0 Å². The highest BCUT2D eigenvalue weighted by molar-refractivity contribution is 7.99. The molecule has 0 atom stereocenters. The monoisotopic (exact) mass is 288 g/mol. The minimum absolute atomic E-state index is 0.00307. The van der Waals surface area contributed by atoms with Gasteiger partial charge < -0.3 is 15.5 Å². The molecule has 1 amide bonds. The quantitative estimate of drug-likeness (QED) is 0.577. The highest BCUT2D eigenvalue weighted by atomic mass is 32.2. The fourth-order valence-corrected chi connectivity index (χ4v) is 2.02. The lowest BCUT2D eigenvalue weighted by atomic mass is 10.4. The normalized spacial score (nSPS) is 10.7. The summed E-state index contributed by atoms with van der Waals surface area (Å²) in [6.45, 7) is 3.24. The van der Waals surface area contributed by atoms with E-state index in [0.29, 0.717) is 5.16 Å². The Kier molecular flexibility index (Phi) is 5.77. The Morgan fingerprint density at radius 2 is 2.11 bits per heavy atom. The SMILES string of the molecule is CC(C)NC(=O)Cn1c(CO)nnc1SCC(=O)O. The maximum absolute atomic E-state index is 11.7. The number of aliphatic carboxylic acids is 1. The third kappa shape index (κ3) is 4.87. The van der Waals surface area contributed by atoms with E-state index in [9.17, 15) is 9.59 Å². The van der Waals surface area contributed by atoms with Crippen LogP contribution in [0.3, 0.4) is 0 Å². The number of nitrogens with zero attached hydrogens (tertiary/aromatic N) is 3. The molecule has 9 heteroatoms. The Balaban J connectivity index is 2.80. The second kappa shape index (κ2) is 7.10. The van der Waals surface area contributed by atoms with Gasteiger partial charge >= 0.3 is 5.97 Å². The molecule has 0 radical (unpaired) electrons. The Bertz CT molecular complexity index is 460. The van der Waals surface area contributed by atoms with Crippen LogP contribution in [0.15, 0.2) is 5.16 Å². The fraction of sp³-hybridized carbons (Fsp3) is 0.600. The van der Waals surface area contributed by atoms with E-state index in [1.807, 2.05) is 13.8 Å². The Hall–Kier alpha value is -1.61. The molecule has 1 aromatic heterocycles. The number of aliphatic hydroxyl groups excluding tert-OH is 1. The average Bonchev–Trinajstić information content (AvgIpc) is 2.67. The Morgan fingerprint density at radius 3 is 2.63 bits per heavy atom. The molecule has 0 saturated carbocycles. The van der Waals surface area contributed by atoms with Crippen LogP contribution >= 0.6 is 11.8 Å². The largest absolute Gasteiger partial charge is 0.481 e. The Morgan fingerprint density at radius 1 is 1.42 bits per heavy atom. The van der Waals surface area contributed by atoms with E-state index in [0.717, 1.165) is 11.8 Å². The summed E-state index contributed by atoms with van der Waals surface area (Å²) in [5.41, 5.74) is 0. The van der Waals surface area contributed by atoms with Gasteiger partial charge in [0.1, 0.15) is 13.2 Å². The van der Waals surface area contributed by atoms with Crippen LogP contribution in [0.4, 0.5) is 0 Å². The van der Waals surface area contributed by atoms with E-state index in [1.165, 1.54) is 4.57 Å². The molecule has 1 aromatic rings. The van der Waals surface area contributed by atoms with E-state index >= 15 is 0 Å². The summed E-state index contributed by atoms with van der Waals surface area (Å²) in [4.78, 5) is 22.2. The van der Waals surface area contributed by atoms with Crippen LogP contribution in [-0.2, 0) is 22.7 Å². The molecule has 0 aliphatic carbocycles. The zero-order chi connectivity index (χ0) is 14.4. The number of rotatable bonds is 7. The number of amides is 1. The standard InChI is InChI=1S/C10H16N4O4S/c1-6(2)11-8(16)3-14-7(4-15)12-13-10(14)19-5-9(17)18/h6,15H,3-5H2,1-2H3,(H,11,16)(H,17,18). The molecule has 0 spiro atoms. The number of hydrogen-bond donors (Lipinski definition) is 3. The van der Waals surface area contributed by atoms with Crippen molar-refractivity contribution in [3.8, 4) is 0 Å². The van der Waals surface area contributed by atoms with Crippen LogP contribution in [0.1, 0.15) is 19.7 Å². The maximum Gasteiger partial charge on any atom is 0.313 e. The number of nitrogens with one attached hydrogen (secondary N) is 1. The van der Waals surface area contributed by atoms with Crippen molar-refractivity contribution in [1.29, 1.82) is 0 Å². The minimum atomic E-state index is -0.989. The summed E-state index contributed by atoms with van der Waals surface area (Å²) in [6.07, 6.45) is 0. The predicted octanol–water partition coefficient (Wildman–Crippen LogP) is -0.528. The highest BCUT2D eigenvalue weighted by Gasteiger charge is 2.16. The topological polar surface area (TPSA) is 117 Å². The van der Waals surface area contributed by atoms with Gasteiger partial charge in [-0.1, -0.05) is 11.8 Å². The zero-order valence-electron chi connectivity index (χ0n) is 10.7. The Labute approximate surface area is 114 Å². The second-order valence-corrected chi connectivity index (χ2v) is 4.99. The molecule has 106 valence electrons. The van der Waals surface area contributed by atoms with Gasteiger partial charge in [-0.3, -0.25) is 14.2 Å². The van der Waals surface area contributed by atoms with Crippen LogP contribution < -0.4 is 5.32 Å². The summed E-state index contributed by atoms with van der Waals surface area (Å²) >= 11 is 0.951. The number of aliphatic hydroxyl groups is 1. The van der Waals surface area contributed by atoms with Crippen molar-refractivity contribution in [3.05, 3.63) is 5.82 Å². The van der Waals surface area contributed by atoms with Gasteiger partial charge in [0.15, 0.2) is 11.0 Å².